The van der Waals surface area contributed by atoms with Gasteiger partial charge in [0.05, 0.1) is 6.61 Å². The van der Waals surface area contributed by atoms with Gasteiger partial charge in [-0.05, 0) is 135 Å². The molecule has 0 radical (unpaired) electrons. The first-order valence-corrected chi connectivity index (χ1v) is 32.5. The minimum Gasteiger partial charge on any atom is -0.479 e. The highest BCUT2D eigenvalue weighted by atomic mass is 16.7. The number of carbonyl (C=O) groups is 4. The van der Waals surface area contributed by atoms with Crippen molar-refractivity contribution >= 4 is 23.9 Å². The molecule has 0 spiro atoms. The van der Waals surface area contributed by atoms with Gasteiger partial charge in [0.25, 0.3) is 0 Å². The van der Waals surface area contributed by atoms with Gasteiger partial charge in [-0.2, -0.15) is 0 Å². The smallest absolute Gasteiger partial charge is 0.335 e. The highest BCUT2D eigenvalue weighted by Gasteiger charge is 2.50. The summed E-state index contributed by atoms with van der Waals surface area (Å²) in [4.78, 5) is 51.4. The molecule has 85 heavy (non-hydrogen) atoms. The van der Waals surface area contributed by atoms with Crippen molar-refractivity contribution in [3.63, 3.8) is 0 Å². The maximum atomic E-state index is 13.2. The molecule has 1 heterocycles. The van der Waals surface area contributed by atoms with Crippen LogP contribution in [0, 0.1) is 0 Å². The van der Waals surface area contributed by atoms with Crippen LogP contribution in [0.25, 0.3) is 0 Å². The Morgan fingerprint density at radius 2 is 0.718 bits per heavy atom. The summed E-state index contributed by atoms with van der Waals surface area (Å²) in [6.45, 7) is 5.61. The average molecular weight is 1180 g/mol. The van der Waals surface area contributed by atoms with Crippen molar-refractivity contribution < 1.29 is 58.2 Å². The number of carboxylic acid groups (broad SMARTS) is 1. The summed E-state index contributed by atoms with van der Waals surface area (Å²) in [5.41, 5.74) is 0. The number of rotatable bonds is 53. The highest BCUT2D eigenvalue weighted by molar-refractivity contribution is 5.74. The van der Waals surface area contributed by atoms with E-state index in [2.05, 4.69) is 167 Å². The zero-order chi connectivity index (χ0) is 61.7. The van der Waals surface area contributed by atoms with Gasteiger partial charge in [0.15, 0.2) is 24.6 Å². The van der Waals surface area contributed by atoms with Gasteiger partial charge in [-0.15, -0.1) is 0 Å². The summed E-state index contributed by atoms with van der Waals surface area (Å²) in [7, 11) is 0. The summed E-state index contributed by atoms with van der Waals surface area (Å²) in [5.74, 6) is -3.26. The minimum absolute atomic E-state index is 0.0302. The van der Waals surface area contributed by atoms with Gasteiger partial charge in [0.2, 0.25) is 0 Å². The third-order valence-electron chi connectivity index (χ3n) is 13.6. The van der Waals surface area contributed by atoms with Crippen LogP contribution in [0.5, 0.6) is 0 Å². The zero-order valence-corrected chi connectivity index (χ0v) is 52.5. The lowest BCUT2D eigenvalue weighted by molar-refractivity contribution is -0.301. The number of aliphatic carboxylic acids is 1. The van der Waals surface area contributed by atoms with E-state index in [4.69, 9.17) is 23.7 Å². The van der Waals surface area contributed by atoms with E-state index in [0.29, 0.717) is 25.7 Å². The third kappa shape index (κ3) is 48.2. The first-order valence-electron chi connectivity index (χ1n) is 32.5. The van der Waals surface area contributed by atoms with Gasteiger partial charge in [0.1, 0.15) is 18.8 Å². The third-order valence-corrected chi connectivity index (χ3v) is 13.6. The van der Waals surface area contributed by atoms with Crippen molar-refractivity contribution in [2.24, 2.45) is 0 Å². The molecule has 6 atom stereocenters. The Morgan fingerprint density at radius 3 is 1.11 bits per heavy atom. The summed E-state index contributed by atoms with van der Waals surface area (Å²) in [6, 6.07) is 0. The lowest BCUT2D eigenvalue weighted by Gasteiger charge is -2.40. The monoisotopic (exact) mass is 1180 g/mol. The predicted octanol–water partition coefficient (Wildman–Crippen LogP) is 17.7. The van der Waals surface area contributed by atoms with Crippen LogP contribution in [0.1, 0.15) is 226 Å². The van der Waals surface area contributed by atoms with Crippen molar-refractivity contribution in [2.75, 3.05) is 13.2 Å². The number of allylic oxidation sites excluding steroid dienone is 26. The molecule has 0 amide bonds. The van der Waals surface area contributed by atoms with Crippen LogP contribution in [0.3, 0.4) is 0 Å². The quantitative estimate of drug-likeness (QED) is 0.0228. The molecule has 0 aromatic heterocycles. The van der Waals surface area contributed by atoms with Crippen LogP contribution >= 0.6 is 0 Å². The first-order chi connectivity index (χ1) is 41.6. The molecular weight excluding hydrogens is 1070 g/mol. The Labute approximate surface area is 514 Å². The number of aliphatic hydroxyl groups excluding tert-OH is 2. The van der Waals surface area contributed by atoms with Crippen LogP contribution < -0.4 is 0 Å². The second-order valence-corrected chi connectivity index (χ2v) is 21.2. The van der Waals surface area contributed by atoms with Gasteiger partial charge >= 0.3 is 23.9 Å². The number of carbonyl (C=O) groups excluding carboxylic acids is 3. The largest absolute Gasteiger partial charge is 0.479 e. The molecule has 0 aromatic carbocycles. The topological polar surface area (TPSA) is 175 Å². The van der Waals surface area contributed by atoms with Crippen LogP contribution in [0.15, 0.2) is 158 Å². The fourth-order valence-corrected chi connectivity index (χ4v) is 8.74. The molecule has 12 heteroatoms. The molecule has 1 aliphatic heterocycles. The molecule has 0 aliphatic carbocycles. The standard InChI is InChI=1S/C73H112O12/c1-4-7-10-13-16-19-22-25-28-31-33-36-38-41-44-47-50-53-56-59-65(74)81-62-64(83-66(75)60-57-54-51-48-45-42-40-37-34-32-29-26-23-20-17-14-11-8-5-2)63-82-73-71(69(78)68(77)70(85-73)72(79)80)84-67(76)61-58-55-52-49-46-43-39-35-30-27-24-21-18-15-12-9-6-3/h7-12,16-21,25-30,33-34,36-37,39,43,49,52,64,68-71,73,77-78H,4-6,13-15,22-24,31-32,35,38,40-42,44-48,50-51,53-63H2,1-3H3,(H,79,80)/b10-7-,11-8-,12-9-,19-16-,20-17-,21-18-,28-25-,29-26-,30-27-,36-33-,37-34-,43-39-,52-49-. The van der Waals surface area contributed by atoms with E-state index in [-0.39, 0.29) is 25.9 Å². The number of ether oxygens (including phenoxy) is 5. The molecule has 3 N–H and O–H groups in total. The Bertz CT molecular complexity index is 2080. The van der Waals surface area contributed by atoms with Gasteiger partial charge in [-0.25, -0.2) is 4.79 Å². The average Bonchev–Trinajstić information content (AvgIpc) is 2.83. The molecule has 0 bridgehead atoms. The van der Waals surface area contributed by atoms with E-state index in [0.717, 1.165) is 161 Å². The number of esters is 3. The summed E-state index contributed by atoms with van der Waals surface area (Å²) < 4.78 is 28.5. The SMILES string of the molecule is CC/C=C\C/C=C\C/C=C\C/C=C\C/C=C\CCCC(=O)OC1C(OCC(COC(=O)CCCCCCCC/C=C\C/C=C\C/C=C\C/C=C\CC)OC(=O)CCCCCCCC/C=C\C/C=C\C/C=C\C/C=C\CC)OC(C(=O)O)C(O)C1O. The van der Waals surface area contributed by atoms with E-state index in [9.17, 15) is 34.5 Å². The van der Waals surface area contributed by atoms with Crippen molar-refractivity contribution in [3.8, 4) is 0 Å². The van der Waals surface area contributed by atoms with Gasteiger partial charge < -0.3 is 39.0 Å². The number of aliphatic hydroxyl groups is 2. The maximum absolute atomic E-state index is 13.2. The molecule has 1 aliphatic rings. The Kier molecular flexibility index (Phi) is 53.4. The van der Waals surface area contributed by atoms with E-state index in [1.54, 1.807) is 0 Å². The molecular formula is C73H112O12. The van der Waals surface area contributed by atoms with Crippen LogP contribution in [0.4, 0.5) is 0 Å². The lowest BCUT2D eigenvalue weighted by atomic mass is 9.98. The number of hydrogen-bond donors (Lipinski definition) is 3. The van der Waals surface area contributed by atoms with E-state index < -0.39 is 67.3 Å². The molecule has 1 fully saturated rings. The molecule has 6 unspecified atom stereocenters. The van der Waals surface area contributed by atoms with E-state index in [1.165, 1.54) is 0 Å². The number of unbranched alkanes of at least 4 members (excludes halogenated alkanes) is 13. The first kappa shape index (κ1) is 77.4. The highest BCUT2D eigenvalue weighted by Crippen LogP contribution is 2.26. The molecule has 12 nitrogen and oxygen atoms in total. The van der Waals surface area contributed by atoms with Crippen molar-refractivity contribution in [3.05, 3.63) is 158 Å². The Morgan fingerprint density at radius 1 is 0.388 bits per heavy atom. The predicted molar refractivity (Wildman–Crippen MR) is 349 cm³/mol. The molecule has 1 saturated heterocycles. The van der Waals surface area contributed by atoms with Gasteiger partial charge in [-0.1, -0.05) is 230 Å². The summed E-state index contributed by atoms with van der Waals surface area (Å²) >= 11 is 0. The van der Waals surface area contributed by atoms with Crippen molar-refractivity contribution in [2.45, 2.75) is 263 Å². The molecule has 0 aromatic rings. The van der Waals surface area contributed by atoms with Gasteiger partial charge in [-0.3, -0.25) is 14.4 Å². The van der Waals surface area contributed by atoms with Crippen LogP contribution in [-0.4, -0.2) is 89.2 Å². The normalized spacial score (nSPS) is 18.5. The van der Waals surface area contributed by atoms with E-state index >= 15 is 0 Å². The maximum Gasteiger partial charge on any atom is 0.335 e. The van der Waals surface area contributed by atoms with Gasteiger partial charge in [0, 0.05) is 19.3 Å². The summed E-state index contributed by atoms with van der Waals surface area (Å²) in [6.07, 6.45) is 73.4. The second-order valence-electron chi connectivity index (χ2n) is 21.2. The van der Waals surface area contributed by atoms with Crippen molar-refractivity contribution in [1.29, 1.82) is 0 Å². The molecule has 476 valence electrons. The van der Waals surface area contributed by atoms with Crippen LogP contribution in [-0.2, 0) is 42.9 Å². The van der Waals surface area contributed by atoms with Crippen LogP contribution in [0.2, 0.25) is 0 Å². The number of carboxylic acids is 1. The fraction of sp³-hybridized carbons (Fsp3) is 0.589. The van der Waals surface area contributed by atoms with Crippen molar-refractivity contribution in [1.82, 2.24) is 0 Å². The Balaban J connectivity index is 2.73. The number of hydrogen-bond acceptors (Lipinski definition) is 11. The zero-order valence-electron chi connectivity index (χ0n) is 52.5. The second kappa shape index (κ2) is 58.7. The summed E-state index contributed by atoms with van der Waals surface area (Å²) in [5, 5.41) is 31.6. The molecule has 0 saturated carbocycles. The van der Waals surface area contributed by atoms with E-state index in [1.807, 2.05) is 12.2 Å². The Hall–Kier alpha value is -5.66. The molecule has 1 rings (SSSR count). The minimum atomic E-state index is -1.94. The fourth-order valence-electron chi connectivity index (χ4n) is 8.74. The lowest BCUT2D eigenvalue weighted by Crippen LogP contribution is -2.61.